The van der Waals surface area contributed by atoms with Crippen molar-refractivity contribution in [3.63, 3.8) is 0 Å². The number of methoxy groups -OCH3 is 1. The zero-order valence-corrected chi connectivity index (χ0v) is 12.0. The molecule has 0 saturated carbocycles. The number of ether oxygens (including phenoxy) is 1. The van der Waals surface area contributed by atoms with Crippen molar-refractivity contribution in [3.8, 4) is 17.2 Å². The molecule has 0 unspecified atom stereocenters. The van der Waals surface area contributed by atoms with E-state index in [1.807, 2.05) is 0 Å². The van der Waals surface area contributed by atoms with Gasteiger partial charge in [0.15, 0.2) is 17.3 Å². The molecule has 114 valence electrons. The predicted octanol–water partition coefficient (Wildman–Crippen LogP) is 2.49. The van der Waals surface area contributed by atoms with E-state index in [1.165, 1.54) is 37.5 Å². The van der Waals surface area contributed by atoms with Crippen molar-refractivity contribution in [2.45, 2.75) is 6.61 Å². The van der Waals surface area contributed by atoms with E-state index in [2.05, 4.69) is 0 Å². The van der Waals surface area contributed by atoms with Gasteiger partial charge in [0.2, 0.25) is 0 Å². The number of allylic oxidation sites excluding steroid dienone is 1. The highest BCUT2D eigenvalue weighted by molar-refractivity contribution is 6.07. The van der Waals surface area contributed by atoms with Gasteiger partial charge in [0.05, 0.1) is 13.7 Å². The van der Waals surface area contributed by atoms with Crippen LogP contribution in [-0.4, -0.2) is 28.2 Å². The molecule has 0 heterocycles. The van der Waals surface area contributed by atoms with E-state index in [4.69, 9.17) is 9.84 Å². The van der Waals surface area contributed by atoms with Crippen molar-refractivity contribution in [3.05, 3.63) is 59.2 Å². The molecule has 0 amide bonds. The largest absolute Gasteiger partial charge is 0.508 e. The fourth-order valence-electron chi connectivity index (χ4n) is 1.93. The minimum atomic E-state index is -0.341. The van der Waals surface area contributed by atoms with E-state index in [9.17, 15) is 15.0 Å². The Labute approximate surface area is 127 Å². The van der Waals surface area contributed by atoms with Crippen molar-refractivity contribution in [1.29, 1.82) is 0 Å². The first-order valence-electron chi connectivity index (χ1n) is 6.57. The molecule has 0 aromatic heterocycles. The highest BCUT2D eigenvalue weighted by atomic mass is 16.5. The third kappa shape index (κ3) is 3.45. The molecule has 5 nitrogen and oxygen atoms in total. The van der Waals surface area contributed by atoms with Gasteiger partial charge in [-0.25, -0.2) is 0 Å². The van der Waals surface area contributed by atoms with Gasteiger partial charge in [-0.05, 0) is 42.0 Å². The molecular weight excluding hydrogens is 284 g/mol. The molecule has 0 atom stereocenters. The lowest BCUT2D eigenvalue weighted by Gasteiger charge is -2.04. The molecular formula is C17H16O5. The van der Waals surface area contributed by atoms with Crippen molar-refractivity contribution in [2.24, 2.45) is 0 Å². The number of phenols is 2. The number of ketones is 1. The van der Waals surface area contributed by atoms with Gasteiger partial charge in [-0.1, -0.05) is 12.1 Å². The van der Waals surface area contributed by atoms with Gasteiger partial charge in [-0.2, -0.15) is 0 Å². The summed E-state index contributed by atoms with van der Waals surface area (Å²) in [5.74, 6) is 0.0342. The Bertz CT molecular complexity index is 719. The Balaban J connectivity index is 2.21. The molecule has 0 bridgehead atoms. The summed E-state index contributed by atoms with van der Waals surface area (Å²) >= 11 is 0. The number of benzene rings is 2. The fraction of sp³-hybridized carbons (Fsp3) is 0.118. The normalized spacial score (nSPS) is 10.8. The molecule has 2 rings (SSSR count). The maximum atomic E-state index is 12.1. The number of aliphatic hydroxyl groups excluding tert-OH is 1. The SMILES string of the molecule is COc1cc(C=CC(=O)c2ccc(O)c(CO)c2)ccc1O. The summed E-state index contributed by atoms with van der Waals surface area (Å²) in [6.07, 6.45) is 2.97. The number of phenolic OH excluding ortho intramolecular Hbond substituents is 1. The molecule has 0 radical (unpaired) electrons. The number of aliphatic hydroxyl groups is 1. The summed E-state index contributed by atoms with van der Waals surface area (Å²) in [6, 6.07) is 9.04. The second kappa shape index (κ2) is 6.78. The minimum absolute atomic E-state index is 0.0251. The summed E-state index contributed by atoms with van der Waals surface area (Å²) in [5, 5.41) is 28.1. The van der Waals surface area contributed by atoms with Crippen LogP contribution in [0.25, 0.3) is 6.08 Å². The summed E-state index contributed by atoms with van der Waals surface area (Å²) in [6.45, 7) is -0.341. The molecule has 2 aromatic rings. The van der Waals surface area contributed by atoms with E-state index in [-0.39, 0.29) is 23.9 Å². The van der Waals surface area contributed by atoms with Crippen LogP contribution in [0.2, 0.25) is 0 Å². The van der Waals surface area contributed by atoms with Crippen LogP contribution in [0.5, 0.6) is 17.2 Å². The Kier molecular flexibility index (Phi) is 4.80. The first-order valence-corrected chi connectivity index (χ1v) is 6.57. The standard InChI is InChI=1S/C17H16O5/c1-22-17-8-11(3-6-16(17)21)2-5-14(19)12-4-7-15(20)13(9-12)10-18/h2-9,18,20-21H,10H2,1H3. The zero-order chi connectivity index (χ0) is 16.1. The van der Waals surface area contributed by atoms with Crippen LogP contribution in [0.1, 0.15) is 21.5 Å². The Hall–Kier alpha value is -2.79. The summed E-state index contributed by atoms with van der Waals surface area (Å²) < 4.78 is 5.00. The van der Waals surface area contributed by atoms with Gasteiger partial charge in [-0.15, -0.1) is 0 Å². The number of carbonyl (C=O) groups excluding carboxylic acids is 1. The number of carbonyl (C=O) groups is 1. The zero-order valence-electron chi connectivity index (χ0n) is 12.0. The third-order valence-corrected chi connectivity index (χ3v) is 3.17. The minimum Gasteiger partial charge on any atom is -0.508 e. The number of aromatic hydroxyl groups is 2. The Morgan fingerprint density at radius 1 is 1.14 bits per heavy atom. The molecule has 0 saturated heterocycles. The lowest BCUT2D eigenvalue weighted by Crippen LogP contribution is -1.96. The van der Waals surface area contributed by atoms with Gasteiger partial charge >= 0.3 is 0 Å². The third-order valence-electron chi connectivity index (χ3n) is 3.17. The van der Waals surface area contributed by atoms with Crippen LogP contribution < -0.4 is 4.74 Å². The first kappa shape index (κ1) is 15.6. The number of hydrogen-bond donors (Lipinski definition) is 3. The molecule has 0 aliphatic carbocycles. The van der Waals surface area contributed by atoms with Crippen LogP contribution in [-0.2, 0) is 6.61 Å². The maximum absolute atomic E-state index is 12.1. The second-order valence-corrected chi connectivity index (χ2v) is 4.63. The molecule has 22 heavy (non-hydrogen) atoms. The van der Waals surface area contributed by atoms with E-state index in [0.29, 0.717) is 22.4 Å². The molecule has 0 spiro atoms. The highest BCUT2D eigenvalue weighted by Crippen LogP contribution is 2.27. The number of hydrogen-bond acceptors (Lipinski definition) is 5. The van der Waals surface area contributed by atoms with Crippen molar-refractivity contribution < 1.29 is 24.9 Å². The quantitative estimate of drug-likeness (QED) is 0.583. The van der Waals surface area contributed by atoms with E-state index >= 15 is 0 Å². The molecule has 0 aliphatic heterocycles. The number of rotatable bonds is 5. The average Bonchev–Trinajstić information content (AvgIpc) is 2.54. The van der Waals surface area contributed by atoms with Crippen LogP contribution >= 0.6 is 0 Å². The lowest BCUT2D eigenvalue weighted by molar-refractivity contribution is 0.104. The van der Waals surface area contributed by atoms with Gasteiger partial charge < -0.3 is 20.1 Å². The highest BCUT2D eigenvalue weighted by Gasteiger charge is 2.07. The maximum Gasteiger partial charge on any atom is 0.185 e. The van der Waals surface area contributed by atoms with Crippen LogP contribution in [0.4, 0.5) is 0 Å². The predicted molar refractivity (Wildman–Crippen MR) is 82.1 cm³/mol. The van der Waals surface area contributed by atoms with E-state index in [0.717, 1.165) is 0 Å². The van der Waals surface area contributed by atoms with Crippen LogP contribution in [0, 0.1) is 0 Å². The van der Waals surface area contributed by atoms with E-state index in [1.54, 1.807) is 18.2 Å². The lowest BCUT2D eigenvalue weighted by atomic mass is 10.1. The molecule has 3 N–H and O–H groups in total. The van der Waals surface area contributed by atoms with Crippen LogP contribution in [0.3, 0.4) is 0 Å². The summed E-state index contributed by atoms with van der Waals surface area (Å²) in [4.78, 5) is 12.1. The van der Waals surface area contributed by atoms with Gasteiger partial charge in [0.1, 0.15) is 5.75 Å². The average molecular weight is 300 g/mol. The Morgan fingerprint density at radius 3 is 2.55 bits per heavy atom. The molecule has 0 fully saturated rings. The monoisotopic (exact) mass is 300 g/mol. The van der Waals surface area contributed by atoms with Gasteiger partial charge in [-0.3, -0.25) is 4.79 Å². The van der Waals surface area contributed by atoms with Gasteiger partial charge in [0, 0.05) is 11.1 Å². The summed E-state index contributed by atoms with van der Waals surface area (Å²) in [7, 11) is 1.45. The molecule has 2 aromatic carbocycles. The first-order chi connectivity index (χ1) is 10.5. The molecule has 0 aliphatic rings. The Morgan fingerprint density at radius 2 is 1.86 bits per heavy atom. The van der Waals surface area contributed by atoms with E-state index < -0.39 is 0 Å². The molecule has 5 heteroatoms. The summed E-state index contributed by atoms with van der Waals surface area (Å²) in [5.41, 5.74) is 1.36. The fourth-order valence-corrected chi connectivity index (χ4v) is 1.93. The van der Waals surface area contributed by atoms with Crippen molar-refractivity contribution >= 4 is 11.9 Å². The van der Waals surface area contributed by atoms with Crippen molar-refractivity contribution in [2.75, 3.05) is 7.11 Å². The second-order valence-electron chi connectivity index (χ2n) is 4.63. The smallest absolute Gasteiger partial charge is 0.185 e. The topological polar surface area (TPSA) is 87.0 Å². The van der Waals surface area contributed by atoms with Gasteiger partial charge in [0.25, 0.3) is 0 Å². The van der Waals surface area contributed by atoms with Crippen molar-refractivity contribution in [1.82, 2.24) is 0 Å². The van der Waals surface area contributed by atoms with Crippen LogP contribution in [0.15, 0.2) is 42.5 Å².